The molecular weight excluding hydrogens is 1590 g/mol. The Morgan fingerprint density at radius 3 is 0.746 bits per heavy atom. The summed E-state index contributed by atoms with van der Waals surface area (Å²) >= 11 is 10.9. The van der Waals surface area contributed by atoms with Crippen molar-refractivity contribution in [3.8, 4) is 119 Å². The van der Waals surface area contributed by atoms with E-state index >= 15 is 0 Å². The van der Waals surface area contributed by atoms with Crippen LogP contribution in [0.15, 0.2) is 402 Å². The molecule has 0 saturated heterocycles. The molecule has 9 heterocycles. The largest absolute Gasteiger partial charge is 0.294 e. The van der Waals surface area contributed by atoms with Crippen LogP contribution in [0, 0.1) is 0 Å². The van der Waals surface area contributed by atoms with E-state index in [9.17, 15) is 0 Å². The molecule has 0 spiro atoms. The Balaban J connectivity index is 0.000000115. The Morgan fingerprint density at radius 1 is 0.184 bits per heavy atom. The van der Waals surface area contributed by atoms with Gasteiger partial charge in [-0.1, -0.05) is 272 Å². The van der Waals surface area contributed by atoms with Crippen molar-refractivity contribution in [3.05, 3.63) is 402 Å². The second kappa shape index (κ2) is 31.2. The summed E-state index contributed by atoms with van der Waals surface area (Å²) in [6.07, 6.45) is 5.54. The predicted octanol–water partition coefficient (Wildman–Crippen LogP) is 26.8. The third kappa shape index (κ3) is 14.1. The molecule has 0 bridgehead atoms. The number of halogens is 3. The van der Waals surface area contributed by atoms with Gasteiger partial charge in [-0.3, -0.25) is 13.7 Å². The molecule has 540 valence electrons. The lowest BCUT2D eigenvalue weighted by Crippen LogP contribution is -1.98. The van der Waals surface area contributed by atoms with Crippen molar-refractivity contribution in [2.45, 2.75) is 0 Å². The molecule has 21 aromatic rings. The van der Waals surface area contributed by atoms with Gasteiger partial charge in [-0.25, -0.2) is 39.9 Å². The number of hydrogen-bond acceptors (Lipinski definition) is 8. The number of rotatable bonds is 12. The monoisotopic (exact) mass is 1660 g/mol. The summed E-state index contributed by atoms with van der Waals surface area (Å²) in [4.78, 5) is 39.0. The van der Waals surface area contributed by atoms with E-state index in [4.69, 9.17) is 39.9 Å². The number of fused-ring (bicyclic) bond motifs is 9. The number of nitrogens with zero attached hydrogens (tertiary/aromatic N) is 11. The van der Waals surface area contributed by atoms with Crippen molar-refractivity contribution in [2.75, 3.05) is 0 Å². The van der Waals surface area contributed by atoms with E-state index in [1.54, 1.807) is 0 Å². The van der Waals surface area contributed by atoms with Crippen LogP contribution < -0.4 is 0 Å². The van der Waals surface area contributed by atoms with Crippen LogP contribution in [0.1, 0.15) is 0 Å². The number of benzene rings is 12. The van der Waals surface area contributed by atoms with Gasteiger partial charge >= 0.3 is 0 Å². The highest BCUT2D eigenvalue weighted by molar-refractivity contribution is 9.11. The van der Waals surface area contributed by atoms with Gasteiger partial charge in [0.2, 0.25) is 0 Å². The summed E-state index contributed by atoms with van der Waals surface area (Å²) in [5.74, 6) is 1.40. The summed E-state index contributed by atoms with van der Waals surface area (Å²) in [6, 6.07) is 127. The van der Waals surface area contributed by atoms with Gasteiger partial charge in [-0.05, 0) is 157 Å². The molecule has 12 aromatic carbocycles. The Bertz CT molecular complexity index is 6240. The highest BCUT2D eigenvalue weighted by Crippen LogP contribution is 2.40. The van der Waals surface area contributed by atoms with Gasteiger partial charge in [0.25, 0.3) is 0 Å². The molecule has 21 rings (SSSR count). The van der Waals surface area contributed by atoms with Gasteiger partial charge in [-0.2, -0.15) is 0 Å². The van der Waals surface area contributed by atoms with Crippen molar-refractivity contribution in [2.24, 2.45) is 0 Å². The predicted molar refractivity (Wildman–Crippen MR) is 477 cm³/mol. The average molecular weight is 1660 g/mol. The molecule has 9 aromatic heterocycles. The molecule has 0 amide bonds. The summed E-state index contributed by atoms with van der Waals surface area (Å²) in [7, 11) is 0. The maximum atomic E-state index is 5.02. The lowest BCUT2D eigenvalue weighted by Gasteiger charge is -2.12. The summed E-state index contributed by atoms with van der Waals surface area (Å²) in [5.41, 5.74) is 25.5. The second-order valence-electron chi connectivity index (χ2n) is 27.5. The second-order valence-corrected chi connectivity index (χ2v) is 30.2. The topological polar surface area (TPSA) is 118 Å². The Morgan fingerprint density at radius 2 is 0.439 bits per heavy atom. The van der Waals surface area contributed by atoms with Gasteiger partial charge in [0.15, 0.2) is 11.6 Å². The third-order valence-electron chi connectivity index (χ3n) is 20.4. The van der Waals surface area contributed by atoms with E-state index in [1.165, 1.54) is 16.2 Å². The van der Waals surface area contributed by atoms with Gasteiger partial charge in [-0.15, -0.1) is 0 Å². The SMILES string of the molecule is Brc1ccc2c3cccnc3n(-c3ccc(-c4cc(-c5ccccc5)nc(-c5ccccc5)c4)cc3)c2c1.Brc1ccc2c3cccnc3n(-c3ccc(-c4cc(-c5ccccc5)nc(-c5ccccc5)n4)cc3)c2c1.Brc1ccc2c3cccnc3n(-c3ccc(-c4nc(-c5ccccc5)cc(-c5ccccc5)n4)cc3)c2c1. The molecule has 0 N–H and O–H groups in total. The zero-order valence-corrected chi connectivity index (χ0v) is 65.8. The van der Waals surface area contributed by atoms with Gasteiger partial charge < -0.3 is 0 Å². The molecule has 0 aliphatic heterocycles. The molecular formula is C100H64Br3N11. The molecule has 114 heavy (non-hydrogen) atoms. The van der Waals surface area contributed by atoms with Gasteiger partial charge in [0.05, 0.1) is 50.7 Å². The van der Waals surface area contributed by atoms with Crippen LogP contribution in [0.25, 0.3) is 184 Å². The van der Waals surface area contributed by atoms with Crippen molar-refractivity contribution in [1.29, 1.82) is 0 Å². The minimum Gasteiger partial charge on any atom is -0.294 e. The highest BCUT2D eigenvalue weighted by Gasteiger charge is 2.20. The van der Waals surface area contributed by atoms with Crippen LogP contribution >= 0.6 is 47.8 Å². The fraction of sp³-hybridized carbons (Fsp3) is 0. The van der Waals surface area contributed by atoms with Crippen LogP contribution in [0.3, 0.4) is 0 Å². The van der Waals surface area contributed by atoms with E-state index in [2.05, 4.69) is 316 Å². The molecule has 0 saturated carbocycles. The molecule has 0 unspecified atom stereocenters. The van der Waals surface area contributed by atoms with Crippen molar-refractivity contribution in [1.82, 2.24) is 53.6 Å². The van der Waals surface area contributed by atoms with Crippen molar-refractivity contribution in [3.63, 3.8) is 0 Å². The third-order valence-corrected chi connectivity index (χ3v) is 21.9. The van der Waals surface area contributed by atoms with Gasteiger partial charge in [0.1, 0.15) is 16.9 Å². The Labute approximate surface area is 682 Å². The van der Waals surface area contributed by atoms with E-state index < -0.39 is 0 Å². The Hall–Kier alpha value is -13.8. The minimum absolute atomic E-state index is 0.694. The van der Waals surface area contributed by atoms with Crippen molar-refractivity contribution < 1.29 is 0 Å². The number of hydrogen-bond donors (Lipinski definition) is 0. The highest BCUT2D eigenvalue weighted by atomic mass is 79.9. The average Bonchev–Trinajstić information content (AvgIpc) is 1.60. The lowest BCUT2D eigenvalue weighted by molar-refractivity contribution is 1.13. The quantitative estimate of drug-likeness (QED) is 0.119. The fourth-order valence-electron chi connectivity index (χ4n) is 14.9. The van der Waals surface area contributed by atoms with E-state index in [1.807, 2.05) is 134 Å². The first kappa shape index (κ1) is 70.6. The van der Waals surface area contributed by atoms with Crippen LogP contribution in [-0.2, 0) is 0 Å². The first-order chi connectivity index (χ1) is 56.2. The normalized spacial score (nSPS) is 11.3. The lowest BCUT2D eigenvalue weighted by atomic mass is 10.00. The number of aromatic nitrogens is 11. The molecule has 0 aliphatic carbocycles. The maximum absolute atomic E-state index is 5.02. The standard InChI is InChI=1S/C34H22BrN3.2C33H21BrN4/c35-27-15-18-29-30-12-7-19-36-34(30)38(33(29)22-27)28-16-13-23(14-17-28)26-20-31(24-8-3-1-4-9-24)37-32(21-26)25-10-5-2-6-11-25;34-25-15-18-27-28-12-7-19-35-33(28)38(31(27)20-25)26-16-13-23(14-17-26)30-21-29(22-8-3-1-4-9-22)36-32(37-30)24-10-5-2-6-11-24;34-25-15-18-27-28-12-7-19-35-33(28)38(31(27)20-25)26-16-13-24(14-17-26)32-36-29(22-8-3-1-4-9-22)21-30(37-32)23-10-5-2-6-11-23/h1-22H;2*1-21H. The van der Waals surface area contributed by atoms with E-state index in [-0.39, 0.29) is 0 Å². The molecule has 11 nitrogen and oxygen atoms in total. The first-order valence-electron chi connectivity index (χ1n) is 37.3. The zero-order valence-electron chi connectivity index (χ0n) is 61.0. The maximum Gasteiger partial charge on any atom is 0.160 e. The molecule has 0 atom stereocenters. The molecule has 14 heteroatoms. The fourth-order valence-corrected chi connectivity index (χ4v) is 16.0. The zero-order chi connectivity index (χ0) is 76.4. The first-order valence-corrected chi connectivity index (χ1v) is 39.7. The minimum atomic E-state index is 0.694. The van der Waals surface area contributed by atoms with E-state index in [0.717, 1.165) is 170 Å². The van der Waals surface area contributed by atoms with Crippen LogP contribution in [0.2, 0.25) is 0 Å². The van der Waals surface area contributed by atoms with Crippen LogP contribution in [0.4, 0.5) is 0 Å². The van der Waals surface area contributed by atoms with Crippen LogP contribution in [0.5, 0.6) is 0 Å². The summed E-state index contributed by atoms with van der Waals surface area (Å²) in [6.45, 7) is 0. The van der Waals surface area contributed by atoms with Gasteiger partial charge in [0, 0.05) is 126 Å². The van der Waals surface area contributed by atoms with E-state index in [0.29, 0.717) is 11.6 Å². The molecule has 0 fully saturated rings. The smallest absolute Gasteiger partial charge is 0.160 e. The summed E-state index contributed by atoms with van der Waals surface area (Å²) < 4.78 is 9.76. The van der Waals surface area contributed by atoms with Crippen molar-refractivity contribution >= 4 is 114 Å². The molecule has 0 aliphatic rings. The Kier molecular flexibility index (Phi) is 19.3. The number of pyridine rings is 4. The molecule has 0 radical (unpaired) electrons. The summed E-state index contributed by atoms with van der Waals surface area (Å²) in [5, 5.41) is 6.95. The van der Waals surface area contributed by atoms with Crippen LogP contribution in [-0.4, -0.2) is 53.6 Å².